The number of rotatable bonds is 11. The molecular weight excluding hydrogens is 450 g/mol. The van der Waals surface area contributed by atoms with Crippen molar-refractivity contribution in [3.8, 4) is 5.75 Å². The van der Waals surface area contributed by atoms with E-state index in [0.29, 0.717) is 25.1 Å². The minimum absolute atomic E-state index is 0.0152. The average Bonchev–Trinajstić information content (AvgIpc) is 2.91. The topological polar surface area (TPSA) is 57.5 Å². The van der Waals surface area contributed by atoms with Crippen molar-refractivity contribution in [1.82, 2.24) is 4.57 Å². The first kappa shape index (κ1) is 25.0. The molecule has 0 unspecified atom stereocenters. The summed E-state index contributed by atoms with van der Waals surface area (Å²) in [7, 11) is 0. The molecule has 0 spiro atoms. The summed E-state index contributed by atoms with van der Waals surface area (Å²) >= 11 is 0. The highest BCUT2D eigenvalue weighted by Gasteiger charge is 2.17. The van der Waals surface area contributed by atoms with Crippen molar-refractivity contribution < 1.29 is 14.6 Å². The average molecular weight is 482 g/mol. The van der Waals surface area contributed by atoms with Gasteiger partial charge in [0.15, 0.2) is 5.75 Å². The van der Waals surface area contributed by atoms with Gasteiger partial charge < -0.3 is 4.57 Å². The van der Waals surface area contributed by atoms with Gasteiger partial charge in [-0.3, -0.25) is 14.6 Å². The lowest BCUT2D eigenvalue weighted by Gasteiger charge is -2.20. The molecule has 36 heavy (non-hydrogen) atoms. The summed E-state index contributed by atoms with van der Waals surface area (Å²) in [6, 6.07) is 31.8. The van der Waals surface area contributed by atoms with Crippen LogP contribution in [-0.4, -0.2) is 10.5 Å². The van der Waals surface area contributed by atoms with Crippen LogP contribution in [0.2, 0.25) is 0 Å². The second-order valence-corrected chi connectivity index (χ2v) is 8.79. The lowest BCUT2D eigenvalue weighted by Crippen LogP contribution is -2.20. The zero-order valence-corrected chi connectivity index (χ0v) is 20.5. The number of hydrogen-bond acceptors (Lipinski definition) is 4. The highest BCUT2D eigenvalue weighted by atomic mass is 17.2. The third-order valence-corrected chi connectivity index (χ3v) is 6.05. The molecule has 4 aromatic rings. The van der Waals surface area contributed by atoms with Gasteiger partial charge in [-0.05, 0) is 53.6 Å². The fraction of sp³-hybridized carbons (Fsp3) is 0.226. The Morgan fingerprint density at radius 2 is 1.53 bits per heavy atom. The molecule has 1 aromatic heterocycles. The summed E-state index contributed by atoms with van der Waals surface area (Å²) in [6.07, 6.45) is 4.56. The second-order valence-electron chi connectivity index (χ2n) is 8.79. The quantitative estimate of drug-likeness (QED) is 0.186. The predicted octanol–water partition coefficient (Wildman–Crippen LogP) is 6.30. The van der Waals surface area contributed by atoms with Gasteiger partial charge in [-0.1, -0.05) is 85.8 Å². The number of aromatic nitrogens is 1. The summed E-state index contributed by atoms with van der Waals surface area (Å²) in [5.41, 5.74) is 4.49. The van der Waals surface area contributed by atoms with Crippen molar-refractivity contribution in [2.75, 3.05) is 0 Å². The molecule has 0 saturated heterocycles. The van der Waals surface area contributed by atoms with E-state index in [1.165, 1.54) is 11.1 Å². The Kier molecular flexibility index (Phi) is 8.71. The molecule has 5 heteroatoms. The largest absolute Gasteiger partial charge is 0.355 e. The fourth-order valence-corrected chi connectivity index (χ4v) is 4.31. The third-order valence-electron chi connectivity index (χ3n) is 6.05. The second kappa shape index (κ2) is 12.5. The Morgan fingerprint density at radius 1 is 0.833 bits per heavy atom. The van der Waals surface area contributed by atoms with Crippen LogP contribution in [0, 0.1) is 0 Å². The maximum atomic E-state index is 12.7. The highest BCUT2D eigenvalue weighted by molar-refractivity contribution is 5.68. The lowest BCUT2D eigenvalue weighted by molar-refractivity contribution is -0.213. The summed E-state index contributed by atoms with van der Waals surface area (Å²) in [6.45, 7) is 2.51. The van der Waals surface area contributed by atoms with Gasteiger partial charge in [0.2, 0.25) is 0 Å². The molecule has 0 aliphatic carbocycles. The SMILES string of the molecule is CCCC(=O)OOc1cccc(CCCn2cc(C(c3ccccc3)c3ccccc3)ccc2=O)c1. The number of aryl methyl sites for hydroxylation is 2. The summed E-state index contributed by atoms with van der Waals surface area (Å²) in [5, 5.41) is 0. The van der Waals surface area contributed by atoms with Crippen molar-refractivity contribution in [1.29, 1.82) is 0 Å². The van der Waals surface area contributed by atoms with Crippen molar-refractivity contribution >= 4 is 5.97 Å². The molecular formula is C31H31NO4. The number of nitrogens with zero attached hydrogens (tertiary/aromatic N) is 1. The summed E-state index contributed by atoms with van der Waals surface area (Å²) < 4.78 is 1.79. The van der Waals surface area contributed by atoms with Crippen LogP contribution in [0.25, 0.3) is 0 Å². The van der Waals surface area contributed by atoms with Crippen molar-refractivity contribution in [2.45, 2.75) is 45.1 Å². The van der Waals surface area contributed by atoms with Crippen molar-refractivity contribution in [3.63, 3.8) is 0 Å². The molecule has 0 atom stereocenters. The molecule has 0 amide bonds. The van der Waals surface area contributed by atoms with Crippen LogP contribution in [0.5, 0.6) is 5.75 Å². The molecule has 0 N–H and O–H groups in total. The standard InChI is InChI=1S/C31H31NO4/c1-2-11-30(34)36-35-28-18-9-12-24(22-28)13-10-21-32-23-27(19-20-29(32)33)31(25-14-5-3-6-15-25)26-16-7-4-8-17-26/h3-9,12,14-20,22-23,31H,2,10-11,13,21H2,1H3. The highest BCUT2D eigenvalue weighted by Crippen LogP contribution is 2.31. The monoisotopic (exact) mass is 481 g/mol. The number of carbonyl (C=O) groups is 1. The number of carbonyl (C=O) groups excluding carboxylic acids is 1. The first-order chi connectivity index (χ1) is 17.6. The van der Waals surface area contributed by atoms with Crippen molar-refractivity contribution in [3.05, 3.63) is 136 Å². The van der Waals surface area contributed by atoms with Gasteiger partial charge in [-0.15, -0.1) is 0 Å². The minimum Gasteiger partial charge on any atom is -0.315 e. The molecule has 0 radical (unpaired) electrons. The first-order valence-electron chi connectivity index (χ1n) is 12.4. The van der Waals surface area contributed by atoms with Crippen LogP contribution < -0.4 is 10.4 Å². The van der Waals surface area contributed by atoms with E-state index in [9.17, 15) is 9.59 Å². The Bertz CT molecular complexity index is 1280. The van der Waals surface area contributed by atoms with E-state index in [1.807, 2.05) is 73.8 Å². The lowest BCUT2D eigenvalue weighted by atomic mass is 9.86. The Balaban J connectivity index is 1.46. The van der Waals surface area contributed by atoms with Gasteiger partial charge in [0.25, 0.3) is 5.56 Å². The van der Waals surface area contributed by atoms with E-state index in [2.05, 4.69) is 24.3 Å². The molecule has 0 aliphatic heterocycles. The Morgan fingerprint density at radius 3 is 2.19 bits per heavy atom. The van der Waals surface area contributed by atoms with Gasteiger partial charge in [-0.2, -0.15) is 0 Å². The molecule has 0 fully saturated rings. The van der Waals surface area contributed by atoms with Crippen LogP contribution in [0.4, 0.5) is 0 Å². The molecule has 5 nitrogen and oxygen atoms in total. The number of pyridine rings is 1. The normalized spacial score (nSPS) is 10.8. The fourth-order valence-electron chi connectivity index (χ4n) is 4.31. The molecule has 0 saturated carbocycles. The van der Waals surface area contributed by atoms with Gasteiger partial charge >= 0.3 is 5.97 Å². The Labute approximate surface area is 211 Å². The smallest absolute Gasteiger partial charge is 0.315 e. The molecule has 184 valence electrons. The van der Waals surface area contributed by atoms with Crippen molar-refractivity contribution in [2.24, 2.45) is 0 Å². The summed E-state index contributed by atoms with van der Waals surface area (Å²) in [4.78, 5) is 34.2. The molecule has 4 rings (SSSR count). The van der Waals surface area contributed by atoms with Gasteiger partial charge in [0, 0.05) is 31.1 Å². The first-order valence-corrected chi connectivity index (χ1v) is 12.4. The molecule has 0 bridgehead atoms. The van der Waals surface area contributed by atoms with Crippen LogP contribution >= 0.6 is 0 Å². The van der Waals surface area contributed by atoms with Gasteiger partial charge in [0.05, 0.1) is 0 Å². The van der Waals surface area contributed by atoms with Gasteiger partial charge in [0.1, 0.15) is 0 Å². The zero-order valence-electron chi connectivity index (χ0n) is 20.5. The summed E-state index contributed by atoms with van der Waals surface area (Å²) in [5.74, 6) is 0.152. The van der Waals surface area contributed by atoms with E-state index in [0.717, 1.165) is 24.0 Å². The van der Waals surface area contributed by atoms with E-state index in [-0.39, 0.29) is 17.4 Å². The maximum absolute atomic E-state index is 12.7. The van der Waals surface area contributed by atoms with Crippen LogP contribution in [0.15, 0.2) is 108 Å². The Hall–Kier alpha value is -4.12. The third kappa shape index (κ3) is 6.72. The molecule has 1 heterocycles. The number of benzene rings is 3. The van der Waals surface area contributed by atoms with Crippen LogP contribution in [0.1, 0.15) is 54.4 Å². The zero-order chi connectivity index (χ0) is 25.2. The van der Waals surface area contributed by atoms with E-state index in [1.54, 1.807) is 16.7 Å². The number of hydrogen-bond donors (Lipinski definition) is 0. The van der Waals surface area contributed by atoms with Crippen LogP contribution in [0.3, 0.4) is 0 Å². The van der Waals surface area contributed by atoms with E-state index < -0.39 is 0 Å². The van der Waals surface area contributed by atoms with Crippen LogP contribution in [-0.2, 0) is 22.6 Å². The van der Waals surface area contributed by atoms with E-state index >= 15 is 0 Å². The maximum Gasteiger partial charge on any atom is 0.355 e. The predicted molar refractivity (Wildman–Crippen MR) is 141 cm³/mol. The molecule has 0 aliphatic rings. The van der Waals surface area contributed by atoms with E-state index in [4.69, 9.17) is 9.78 Å². The van der Waals surface area contributed by atoms with Gasteiger partial charge in [-0.25, -0.2) is 4.79 Å². The minimum atomic E-state index is -0.383. The molecule has 3 aromatic carbocycles.